The Morgan fingerprint density at radius 1 is 1.22 bits per heavy atom. The first-order valence-electron chi connectivity index (χ1n) is 7.71. The summed E-state index contributed by atoms with van der Waals surface area (Å²) in [7, 11) is 0. The highest BCUT2D eigenvalue weighted by Crippen LogP contribution is 2.22. The van der Waals surface area contributed by atoms with Crippen LogP contribution < -0.4 is 4.90 Å². The van der Waals surface area contributed by atoms with E-state index in [0.29, 0.717) is 5.52 Å². The predicted octanol–water partition coefficient (Wildman–Crippen LogP) is 2.79. The van der Waals surface area contributed by atoms with Crippen molar-refractivity contribution in [2.24, 2.45) is 0 Å². The van der Waals surface area contributed by atoms with E-state index in [1.54, 1.807) is 17.4 Å². The first-order chi connectivity index (χ1) is 11.2. The lowest BCUT2D eigenvalue weighted by atomic mass is 10.3. The Morgan fingerprint density at radius 2 is 2.04 bits per heavy atom. The highest BCUT2D eigenvalue weighted by Gasteiger charge is 2.20. The first kappa shape index (κ1) is 14.6. The Labute approximate surface area is 137 Å². The number of H-pyrrole nitrogens is 1. The highest BCUT2D eigenvalue weighted by molar-refractivity contribution is 7.13. The van der Waals surface area contributed by atoms with Crippen molar-refractivity contribution >= 4 is 27.5 Å². The van der Waals surface area contributed by atoms with Gasteiger partial charge >= 0.3 is 0 Å². The maximum absolute atomic E-state index is 13.7. The molecule has 4 rings (SSSR count). The third kappa shape index (κ3) is 2.94. The number of hydrogen-bond acceptors (Lipinski definition) is 5. The van der Waals surface area contributed by atoms with Crippen molar-refractivity contribution in [3.63, 3.8) is 0 Å². The zero-order valence-electron chi connectivity index (χ0n) is 12.9. The molecule has 0 amide bonds. The number of hydrogen-bond donors (Lipinski definition) is 1. The number of aromatic amines is 1. The summed E-state index contributed by atoms with van der Waals surface area (Å²) in [6.07, 6.45) is 0. The molecule has 1 N–H and O–H groups in total. The minimum atomic E-state index is -0.269. The lowest BCUT2D eigenvalue weighted by Crippen LogP contribution is -2.46. The number of aromatic nitrogens is 3. The Hall–Kier alpha value is -1.99. The zero-order valence-corrected chi connectivity index (χ0v) is 13.7. The smallest absolute Gasteiger partial charge is 0.185 e. The number of imidazole rings is 1. The van der Waals surface area contributed by atoms with Crippen LogP contribution in [0.15, 0.2) is 23.6 Å². The fourth-order valence-electron chi connectivity index (χ4n) is 2.92. The fraction of sp³-hybridized carbons (Fsp3) is 0.375. The van der Waals surface area contributed by atoms with Crippen LogP contribution in [0.5, 0.6) is 0 Å². The minimum Gasteiger partial charge on any atom is -0.346 e. The topological polar surface area (TPSA) is 48.0 Å². The summed E-state index contributed by atoms with van der Waals surface area (Å²) >= 11 is 1.70. The minimum absolute atomic E-state index is 0.269. The van der Waals surface area contributed by atoms with E-state index in [9.17, 15) is 4.39 Å². The van der Waals surface area contributed by atoms with Crippen LogP contribution in [0.25, 0.3) is 11.0 Å². The maximum Gasteiger partial charge on any atom is 0.185 e. The molecule has 1 aliphatic rings. The van der Waals surface area contributed by atoms with Gasteiger partial charge in [0.15, 0.2) is 10.9 Å². The molecule has 23 heavy (non-hydrogen) atoms. The van der Waals surface area contributed by atoms with E-state index < -0.39 is 0 Å². The predicted molar refractivity (Wildman–Crippen MR) is 90.4 cm³/mol. The second kappa shape index (κ2) is 5.90. The third-order valence-electron chi connectivity index (χ3n) is 4.14. The lowest BCUT2D eigenvalue weighted by Gasteiger charge is -2.34. The van der Waals surface area contributed by atoms with Crippen LogP contribution >= 0.6 is 11.3 Å². The molecular formula is C16H18FN5S. The molecule has 3 heterocycles. The van der Waals surface area contributed by atoms with Gasteiger partial charge in [-0.2, -0.15) is 0 Å². The number of piperazine rings is 1. The van der Waals surface area contributed by atoms with Crippen molar-refractivity contribution in [1.29, 1.82) is 0 Å². The van der Waals surface area contributed by atoms with Crippen molar-refractivity contribution in [3.8, 4) is 0 Å². The molecule has 0 bridgehead atoms. The largest absolute Gasteiger partial charge is 0.346 e. The van der Waals surface area contributed by atoms with E-state index in [2.05, 4.69) is 30.1 Å². The quantitative estimate of drug-likeness (QED) is 0.802. The van der Waals surface area contributed by atoms with E-state index in [1.165, 1.54) is 6.07 Å². The number of rotatable bonds is 3. The van der Waals surface area contributed by atoms with Crippen LogP contribution in [-0.4, -0.2) is 46.0 Å². The summed E-state index contributed by atoms with van der Waals surface area (Å²) in [6.45, 7) is 6.58. The average Bonchev–Trinajstić information content (AvgIpc) is 3.15. The van der Waals surface area contributed by atoms with Gasteiger partial charge in [-0.3, -0.25) is 4.90 Å². The van der Waals surface area contributed by atoms with Gasteiger partial charge in [-0.1, -0.05) is 6.07 Å². The Morgan fingerprint density at radius 3 is 2.74 bits per heavy atom. The van der Waals surface area contributed by atoms with E-state index in [4.69, 9.17) is 0 Å². The average molecular weight is 331 g/mol. The zero-order chi connectivity index (χ0) is 15.8. The van der Waals surface area contributed by atoms with Gasteiger partial charge in [-0.15, -0.1) is 11.3 Å². The molecule has 0 saturated carbocycles. The Kier molecular flexibility index (Phi) is 3.74. The summed E-state index contributed by atoms with van der Waals surface area (Å²) < 4.78 is 13.7. The van der Waals surface area contributed by atoms with Gasteiger partial charge in [-0.25, -0.2) is 14.4 Å². The van der Waals surface area contributed by atoms with E-state index in [0.717, 1.165) is 54.9 Å². The molecule has 0 unspecified atom stereocenters. The first-order valence-corrected chi connectivity index (χ1v) is 8.59. The van der Waals surface area contributed by atoms with Gasteiger partial charge < -0.3 is 9.88 Å². The monoisotopic (exact) mass is 331 g/mol. The third-order valence-corrected chi connectivity index (χ3v) is 5.15. The molecule has 0 spiro atoms. The van der Waals surface area contributed by atoms with Crippen LogP contribution in [-0.2, 0) is 6.54 Å². The second-order valence-electron chi connectivity index (χ2n) is 5.85. The summed E-state index contributed by atoms with van der Waals surface area (Å²) in [5.41, 5.74) is 2.27. The number of nitrogens with one attached hydrogen (secondary N) is 1. The summed E-state index contributed by atoms with van der Waals surface area (Å²) in [5.74, 6) is 0.553. The number of para-hydroxylation sites is 1. The molecule has 1 fully saturated rings. The van der Waals surface area contributed by atoms with Gasteiger partial charge in [0.1, 0.15) is 11.3 Å². The van der Waals surface area contributed by atoms with Crippen molar-refractivity contribution in [3.05, 3.63) is 40.9 Å². The molecule has 5 nitrogen and oxygen atoms in total. The molecule has 1 aromatic carbocycles. The molecule has 2 aromatic heterocycles. The van der Waals surface area contributed by atoms with Gasteiger partial charge in [-0.05, 0) is 19.1 Å². The normalized spacial score (nSPS) is 16.3. The van der Waals surface area contributed by atoms with Gasteiger partial charge in [0.05, 0.1) is 17.8 Å². The van der Waals surface area contributed by atoms with E-state index in [-0.39, 0.29) is 5.82 Å². The van der Waals surface area contributed by atoms with Crippen molar-refractivity contribution in [2.45, 2.75) is 13.5 Å². The summed E-state index contributed by atoms with van der Waals surface area (Å²) in [5, 5.41) is 3.19. The molecule has 1 aliphatic heterocycles. The molecule has 3 aromatic rings. The summed E-state index contributed by atoms with van der Waals surface area (Å²) in [4.78, 5) is 16.8. The van der Waals surface area contributed by atoms with Crippen molar-refractivity contribution in [2.75, 3.05) is 31.1 Å². The van der Waals surface area contributed by atoms with E-state index in [1.807, 2.05) is 13.0 Å². The standard InChI is InChI=1S/C16H18FN5S/c1-11-10-23-16(18-11)22-7-5-21(6-8-22)9-14-19-13-4-2-3-12(17)15(13)20-14/h2-4,10H,5-9H2,1H3,(H,19,20). The van der Waals surface area contributed by atoms with Gasteiger partial charge in [0.25, 0.3) is 0 Å². The van der Waals surface area contributed by atoms with Gasteiger partial charge in [0, 0.05) is 31.6 Å². The highest BCUT2D eigenvalue weighted by atomic mass is 32.1. The van der Waals surface area contributed by atoms with Crippen molar-refractivity contribution < 1.29 is 4.39 Å². The second-order valence-corrected chi connectivity index (χ2v) is 6.69. The number of nitrogens with zero attached hydrogens (tertiary/aromatic N) is 4. The van der Waals surface area contributed by atoms with Crippen LogP contribution in [0.2, 0.25) is 0 Å². The maximum atomic E-state index is 13.7. The molecule has 0 atom stereocenters. The molecule has 0 radical (unpaired) electrons. The molecule has 7 heteroatoms. The molecular weight excluding hydrogens is 313 g/mol. The number of benzene rings is 1. The number of anilines is 1. The number of thiazole rings is 1. The Balaban J connectivity index is 1.41. The molecule has 0 aliphatic carbocycles. The lowest BCUT2D eigenvalue weighted by molar-refractivity contribution is 0.245. The van der Waals surface area contributed by atoms with E-state index >= 15 is 0 Å². The molecule has 120 valence electrons. The van der Waals surface area contributed by atoms with Crippen LogP contribution in [0.1, 0.15) is 11.5 Å². The Bertz CT molecular complexity index is 819. The fourth-order valence-corrected chi connectivity index (χ4v) is 3.78. The number of fused-ring (bicyclic) bond motifs is 1. The number of aryl methyl sites for hydroxylation is 1. The van der Waals surface area contributed by atoms with Crippen molar-refractivity contribution in [1.82, 2.24) is 19.9 Å². The number of halogens is 1. The summed E-state index contributed by atoms with van der Waals surface area (Å²) in [6, 6.07) is 5.01. The van der Waals surface area contributed by atoms with Crippen LogP contribution in [0.3, 0.4) is 0 Å². The van der Waals surface area contributed by atoms with Gasteiger partial charge in [0.2, 0.25) is 0 Å². The SMILES string of the molecule is Cc1csc(N2CCN(Cc3nc4c(F)cccc4[nH]3)CC2)n1. The van der Waals surface area contributed by atoms with Crippen LogP contribution in [0, 0.1) is 12.7 Å². The van der Waals surface area contributed by atoms with Crippen LogP contribution in [0.4, 0.5) is 9.52 Å². The molecule has 1 saturated heterocycles.